The Kier molecular flexibility index (Phi) is 12.3. The maximum absolute atomic E-state index is 9.72. The molecule has 7 nitrogen and oxygen atoms in total. The molecule has 1 saturated heterocycles. The van der Waals surface area contributed by atoms with Gasteiger partial charge in [-0.15, -0.1) is 24.0 Å². The molecule has 1 unspecified atom stereocenters. The summed E-state index contributed by atoms with van der Waals surface area (Å²) >= 11 is 0. The van der Waals surface area contributed by atoms with Gasteiger partial charge in [-0.1, -0.05) is 30.3 Å². The van der Waals surface area contributed by atoms with Crippen LogP contribution in [0.5, 0.6) is 5.75 Å². The first-order valence-corrected chi connectivity index (χ1v) is 11.4. The predicted octanol–water partition coefficient (Wildman–Crippen LogP) is 2.77. The summed E-state index contributed by atoms with van der Waals surface area (Å²) in [6.45, 7) is 6.94. The first kappa shape index (κ1) is 27.2. The Labute approximate surface area is 215 Å². The smallest absolute Gasteiger partial charge is 0.191 e. The maximum Gasteiger partial charge on any atom is 0.191 e. The fraction of sp³-hybridized carbons (Fsp3) is 0.480. The third kappa shape index (κ3) is 8.68. The van der Waals surface area contributed by atoms with Gasteiger partial charge in [0.25, 0.3) is 0 Å². The molecule has 1 atom stereocenters. The Morgan fingerprint density at radius 3 is 2.33 bits per heavy atom. The molecule has 33 heavy (non-hydrogen) atoms. The standard InChI is InChI=1S/C25H37N5O2.HI/c1-26-25(28-19-22(20-31)21-7-4-3-5-8-21)27-13-6-14-29-15-17-30(18-16-29)23-9-11-24(32-2)12-10-23;/h3-5,7-12,22,31H,6,13-20H2,1-2H3,(H2,26,27,28);1H. The van der Waals surface area contributed by atoms with Crippen molar-refractivity contribution in [2.45, 2.75) is 12.3 Å². The van der Waals surface area contributed by atoms with Crippen LogP contribution in [0.1, 0.15) is 17.9 Å². The second-order valence-electron chi connectivity index (χ2n) is 8.05. The number of nitrogens with one attached hydrogen (secondary N) is 2. The molecular weight excluding hydrogens is 529 g/mol. The van der Waals surface area contributed by atoms with Gasteiger partial charge in [0.05, 0.1) is 13.7 Å². The maximum atomic E-state index is 9.72. The third-order valence-electron chi connectivity index (χ3n) is 5.98. The molecule has 1 aliphatic rings. The summed E-state index contributed by atoms with van der Waals surface area (Å²) in [5.41, 5.74) is 2.39. The molecule has 0 radical (unpaired) electrons. The summed E-state index contributed by atoms with van der Waals surface area (Å²) in [4.78, 5) is 9.27. The number of ether oxygens (including phenoxy) is 1. The third-order valence-corrected chi connectivity index (χ3v) is 5.98. The van der Waals surface area contributed by atoms with Crippen LogP contribution in [-0.2, 0) is 0 Å². The molecule has 0 aliphatic carbocycles. The molecule has 2 aromatic rings. The summed E-state index contributed by atoms with van der Waals surface area (Å²) in [7, 11) is 3.48. The molecule has 1 fully saturated rings. The zero-order valence-electron chi connectivity index (χ0n) is 19.7. The molecule has 0 spiro atoms. The highest BCUT2D eigenvalue weighted by Gasteiger charge is 2.17. The van der Waals surface area contributed by atoms with E-state index in [2.05, 4.69) is 37.6 Å². The van der Waals surface area contributed by atoms with Gasteiger partial charge in [0.2, 0.25) is 0 Å². The average molecular weight is 568 g/mol. The zero-order valence-corrected chi connectivity index (χ0v) is 22.1. The van der Waals surface area contributed by atoms with E-state index in [1.54, 1.807) is 14.2 Å². The molecule has 8 heteroatoms. The van der Waals surface area contributed by atoms with Crippen LogP contribution < -0.4 is 20.3 Å². The summed E-state index contributed by atoms with van der Waals surface area (Å²) in [5.74, 6) is 1.73. The largest absolute Gasteiger partial charge is 0.497 e. The highest BCUT2D eigenvalue weighted by atomic mass is 127. The molecule has 0 saturated carbocycles. The number of methoxy groups -OCH3 is 1. The monoisotopic (exact) mass is 567 g/mol. The summed E-state index contributed by atoms with van der Waals surface area (Å²) in [6, 6.07) is 18.4. The van der Waals surface area contributed by atoms with Crippen molar-refractivity contribution < 1.29 is 9.84 Å². The summed E-state index contributed by atoms with van der Waals surface area (Å²) < 4.78 is 5.25. The number of halogens is 1. The quantitative estimate of drug-likeness (QED) is 0.178. The Hall–Kier alpha value is -2.04. The fourth-order valence-electron chi connectivity index (χ4n) is 3.99. The van der Waals surface area contributed by atoms with Crippen molar-refractivity contribution in [3.8, 4) is 5.75 Å². The van der Waals surface area contributed by atoms with Crippen molar-refractivity contribution >= 4 is 35.6 Å². The SMILES string of the molecule is CN=C(NCCCN1CCN(c2ccc(OC)cc2)CC1)NCC(CO)c1ccccc1.I. The minimum absolute atomic E-state index is 0. The average Bonchev–Trinajstić information content (AvgIpc) is 2.86. The number of benzene rings is 2. The summed E-state index contributed by atoms with van der Waals surface area (Å²) in [5, 5.41) is 16.5. The highest BCUT2D eigenvalue weighted by molar-refractivity contribution is 14.0. The van der Waals surface area contributed by atoms with Gasteiger partial charge in [-0.25, -0.2) is 0 Å². The molecule has 3 N–H and O–H groups in total. The zero-order chi connectivity index (χ0) is 22.6. The van der Waals surface area contributed by atoms with Crippen LogP contribution in [0.4, 0.5) is 5.69 Å². The normalized spacial score (nSPS) is 15.5. The Morgan fingerprint density at radius 2 is 1.73 bits per heavy atom. The van der Waals surface area contributed by atoms with Crippen molar-refractivity contribution in [1.29, 1.82) is 0 Å². The number of hydrogen-bond donors (Lipinski definition) is 3. The van der Waals surface area contributed by atoms with Crippen LogP contribution in [-0.4, -0.2) is 82.5 Å². The highest BCUT2D eigenvalue weighted by Crippen LogP contribution is 2.20. The molecule has 182 valence electrons. The van der Waals surface area contributed by atoms with Gasteiger partial charge >= 0.3 is 0 Å². The molecule has 0 aromatic heterocycles. The lowest BCUT2D eigenvalue weighted by Gasteiger charge is -2.36. The lowest BCUT2D eigenvalue weighted by Crippen LogP contribution is -2.47. The van der Waals surface area contributed by atoms with Crippen molar-refractivity contribution in [3.05, 3.63) is 60.2 Å². The number of guanidine groups is 1. The number of aliphatic imine (C=N–C) groups is 1. The predicted molar refractivity (Wildman–Crippen MR) is 147 cm³/mol. The topological polar surface area (TPSA) is 72.4 Å². The number of piperazine rings is 1. The molecule has 0 amide bonds. The molecule has 3 rings (SSSR count). The van der Waals surface area contributed by atoms with Crippen LogP contribution in [0.2, 0.25) is 0 Å². The molecule has 2 aromatic carbocycles. The van der Waals surface area contributed by atoms with E-state index in [0.29, 0.717) is 6.54 Å². The van der Waals surface area contributed by atoms with Crippen molar-refractivity contribution in [3.63, 3.8) is 0 Å². The van der Waals surface area contributed by atoms with E-state index in [1.165, 1.54) is 5.69 Å². The lowest BCUT2D eigenvalue weighted by atomic mass is 10.0. The van der Waals surface area contributed by atoms with Crippen molar-refractivity contribution in [2.75, 3.05) is 71.5 Å². The van der Waals surface area contributed by atoms with E-state index in [4.69, 9.17) is 4.74 Å². The van der Waals surface area contributed by atoms with Gasteiger partial charge < -0.3 is 25.4 Å². The minimum atomic E-state index is 0. The van der Waals surface area contributed by atoms with Gasteiger partial charge in [0.1, 0.15) is 5.75 Å². The summed E-state index contributed by atoms with van der Waals surface area (Å²) in [6.07, 6.45) is 1.06. The molecule has 0 bridgehead atoms. The number of nitrogens with zero attached hydrogens (tertiary/aromatic N) is 3. The van der Waals surface area contributed by atoms with Gasteiger partial charge in [-0.2, -0.15) is 0 Å². The van der Waals surface area contributed by atoms with E-state index in [0.717, 1.165) is 63.0 Å². The van der Waals surface area contributed by atoms with Crippen molar-refractivity contribution in [2.24, 2.45) is 4.99 Å². The minimum Gasteiger partial charge on any atom is -0.497 e. The van der Waals surface area contributed by atoms with E-state index in [9.17, 15) is 5.11 Å². The Balaban J connectivity index is 0.00000385. The van der Waals surface area contributed by atoms with E-state index in [1.807, 2.05) is 42.5 Å². The Morgan fingerprint density at radius 1 is 1.03 bits per heavy atom. The van der Waals surface area contributed by atoms with Crippen molar-refractivity contribution in [1.82, 2.24) is 15.5 Å². The van der Waals surface area contributed by atoms with Gasteiger partial charge in [0.15, 0.2) is 5.96 Å². The molecule has 1 heterocycles. The van der Waals surface area contributed by atoms with E-state index < -0.39 is 0 Å². The molecule has 1 aliphatic heterocycles. The van der Waals surface area contributed by atoms with Crippen LogP contribution in [0, 0.1) is 0 Å². The molecular formula is C25H38IN5O2. The fourth-order valence-corrected chi connectivity index (χ4v) is 3.99. The van der Waals surface area contributed by atoms with Crippen LogP contribution in [0.15, 0.2) is 59.6 Å². The number of rotatable bonds is 10. The first-order chi connectivity index (χ1) is 15.7. The first-order valence-electron chi connectivity index (χ1n) is 11.4. The second kappa shape index (κ2) is 15.0. The van der Waals surface area contributed by atoms with Gasteiger partial charge in [-0.05, 0) is 42.8 Å². The Bertz CT molecular complexity index is 811. The van der Waals surface area contributed by atoms with Crippen LogP contribution >= 0.6 is 24.0 Å². The second-order valence-corrected chi connectivity index (χ2v) is 8.05. The number of hydrogen-bond acceptors (Lipinski definition) is 5. The number of aliphatic hydroxyl groups excluding tert-OH is 1. The lowest BCUT2D eigenvalue weighted by molar-refractivity contribution is 0.255. The van der Waals surface area contributed by atoms with E-state index in [-0.39, 0.29) is 36.5 Å². The number of aliphatic hydroxyl groups is 1. The van der Waals surface area contributed by atoms with Crippen LogP contribution in [0.3, 0.4) is 0 Å². The van der Waals surface area contributed by atoms with Crippen LogP contribution in [0.25, 0.3) is 0 Å². The number of anilines is 1. The van der Waals surface area contributed by atoms with Gasteiger partial charge in [-0.3, -0.25) is 9.89 Å². The van der Waals surface area contributed by atoms with Gasteiger partial charge in [0, 0.05) is 57.9 Å². The van der Waals surface area contributed by atoms with E-state index >= 15 is 0 Å².